The first kappa shape index (κ1) is 22.9. The second-order valence-corrected chi connectivity index (χ2v) is 6.72. The molecule has 0 aromatic heterocycles. The van der Waals surface area contributed by atoms with Crippen LogP contribution in [0.1, 0.15) is 16.7 Å². The lowest BCUT2D eigenvalue weighted by Gasteiger charge is -2.23. The van der Waals surface area contributed by atoms with Gasteiger partial charge < -0.3 is 0 Å². The van der Waals surface area contributed by atoms with E-state index in [1.54, 1.807) is 0 Å². The van der Waals surface area contributed by atoms with E-state index in [-0.39, 0.29) is 5.56 Å². The first-order chi connectivity index (χ1) is 15.0. The molecule has 0 radical (unpaired) electrons. The summed E-state index contributed by atoms with van der Waals surface area (Å²) in [5, 5.41) is 8.37. The fourth-order valence-electron chi connectivity index (χ4n) is 3.12. The van der Waals surface area contributed by atoms with Crippen molar-refractivity contribution >= 4 is 11.5 Å². The number of anilines is 1. The van der Waals surface area contributed by atoms with Gasteiger partial charge in [0.2, 0.25) is 0 Å². The van der Waals surface area contributed by atoms with E-state index in [0.717, 1.165) is 23.1 Å². The first-order valence-electron chi connectivity index (χ1n) is 9.20. The molecule has 0 saturated carbocycles. The summed E-state index contributed by atoms with van der Waals surface area (Å²) >= 11 is 0. The molecule has 0 spiro atoms. The van der Waals surface area contributed by atoms with E-state index >= 15 is 0 Å². The van der Waals surface area contributed by atoms with Crippen molar-refractivity contribution < 1.29 is 26.3 Å². The molecule has 1 N–H and O–H groups in total. The van der Waals surface area contributed by atoms with Gasteiger partial charge in [-0.25, -0.2) is 0 Å². The van der Waals surface area contributed by atoms with Crippen LogP contribution in [0.5, 0.6) is 0 Å². The van der Waals surface area contributed by atoms with Crippen molar-refractivity contribution in [2.45, 2.75) is 12.4 Å². The summed E-state index contributed by atoms with van der Waals surface area (Å²) in [4.78, 5) is 1.16. The van der Waals surface area contributed by atoms with Gasteiger partial charge in [0.1, 0.15) is 5.84 Å². The van der Waals surface area contributed by atoms with Gasteiger partial charge in [-0.3, -0.25) is 10.3 Å². The van der Waals surface area contributed by atoms with Crippen molar-refractivity contribution in [2.75, 3.05) is 4.90 Å². The fraction of sp³-hybridized carbons (Fsp3) is 0.0833. The highest BCUT2D eigenvalue weighted by Crippen LogP contribution is 2.34. The van der Waals surface area contributed by atoms with Crippen LogP contribution >= 0.6 is 0 Å². The van der Waals surface area contributed by atoms with Crippen molar-refractivity contribution in [3.05, 3.63) is 108 Å². The van der Waals surface area contributed by atoms with E-state index in [2.05, 4.69) is 12.3 Å². The number of hydrogen-bond donors (Lipinski definition) is 1. The predicted octanol–water partition coefficient (Wildman–Crippen LogP) is 7.52. The molecule has 2 nitrogen and oxygen atoms in total. The van der Waals surface area contributed by atoms with Crippen LogP contribution in [0.2, 0.25) is 0 Å². The maximum Gasteiger partial charge on any atom is 0.417 e. The summed E-state index contributed by atoms with van der Waals surface area (Å²) in [5.41, 5.74) is 1.48. The van der Waals surface area contributed by atoms with E-state index in [1.165, 1.54) is 60.8 Å². The number of alkyl halides is 6. The molecule has 0 aliphatic rings. The third-order valence-corrected chi connectivity index (χ3v) is 4.62. The summed E-state index contributed by atoms with van der Waals surface area (Å²) < 4.78 is 79.1. The molecule has 0 atom stereocenters. The molecule has 0 bridgehead atoms. The minimum atomic E-state index is -4.65. The monoisotopic (exact) mass is 446 g/mol. The molecule has 0 unspecified atom stereocenters. The van der Waals surface area contributed by atoms with Crippen molar-refractivity contribution in [2.24, 2.45) is 0 Å². The van der Waals surface area contributed by atoms with E-state index in [4.69, 9.17) is 5.41 Å². The number of nitrogens with zero attached hydrogens (tertiary/aromatic N) is 1. The summed E-state index contributed by atoms with van der Waals surface area (Å²) in [7, 11) is 0. The third-order valence-electron chi connectivity index (χ3n) is 4.62. The van der Waals surface area contributed by atoms with E-state index in [9.17, 15) is 26.3 Å². The summed E-state index contributed by atoms with van der Waals surface area (Å²) in [5.74, 6) is -0.458. The van der Waals surface area contributed by atoms with Crippen LogP contribution in [-0.4, -0.2) is 5.84 Å². The van der Waals surface area contributed by atoms with Gasteiger partial charge in [0.05, 0.1) is 17.3 Å². The molecular weight excluding hydrogens is 430 g/mol. The number of amidine groups is 1. The lowest BCUT2D eigenvalue weighted by molar-refractivity contribution is -0.138. The van der Waals surface area contributed by atoms with Gasteiger partial charge in [-0.15, -0.1) is 5.73 Å². The van der Waals surface area contributed by atoms with Crippen LogP contribution in [0.4, 0.5) is 32.0 Å². The van der Waals surface area contributed by atoms with Gasteiger partial charge in [-0.05, 0) is 41.5 Å². The standard InChI is InChI=1S/C24H16F6N2/c1-2-14-32(22(31)20-8-3-4-9-21(20)24(28,29)30)19-12-10-16(11-13-19)17-6-5-7-18(15-17)23(25,26)27/h3-15,31H,1H2. The Hall–Kier alpha value is -3.77. The van der Waals surface area contributed by atoms with Crippen LogP contribution in [-0.2, 0) is 12.4 Å². The van der Waals surface area contributed by atoms with Crippen molar-refractivity contribution in [1.29, 1.82) is 5.41 Å². The molecule has 0 heterocycles. The van der Waals surface area contributed by atoms with Crippen LogP contribution in [0.3, 0.4) is 0 Å². The molecular formula is C24H16F6N2. The van der Waals surface area contributed by atoms with Gasteiger partial charge in [0.25, 0.3) is 0 Å². The Morgan fingerprint density at radius 2 is 1.47 bits per heavy atom. The third kappa shape index (κ3) is 4.92. The largest absolute Gasteiger partial charge is 0.417 e. The summed E-state index contributed by atoms with van der Waals surface area (Å²) in [6, 6.07) is 15.5. The van der Waals surface area contributed by atoms with Crippen LogP contribution < -0.4 is 4.90 Å². The zero-order valence-electron chi connectivity index (χ0n) is 16.4. The van der Waals surface area contributed by atoms with Crippen LogP contribution in [0.25, 0.3) is 11.1 Å². The lowest BCUT2D eigenvalue weighted by atomic mass is 10.0. The van der Waals surface area contributed by atoms with Crippen LogP contribution in [0.15, 0.2) is 91.3 Å². The van der Waals surface area contributed by atoms with E-state index < -0.39 is 29.3 Å². The van der Waals surface area contributed by atoms with E-state index in [1.807, 2.05) is 0 Å². The average molecular weight is 446 g/mol. The molecule has 0 amide bonds. The molecule has 0 aliphatic heterocycles. The van der Waals surface area contributed by atoms with Gasteiger partial charge in [-0.2, -0.15) is 26.3 Å². The normalized spacial score (nSPS) is 11.6. The Balaban J connectivity index is 1.98. The van der Waals surface area contributed by atoms with Gasteiger partial charge >= 0.3 is 12.4 Å². The number of rotatable bonds is 4. The van der Waals surface area contributed by atoms with Crippen molar-refractivity contribution in [3.8, 4) is 11.1 Å². The van der Waals surface area contributed by atoms with Gasteiger partial charge in [-0.1, -0.05) is 49.0 Å². The summed E-state index contributed by atoms with van der Waals surface area (Å²) in [6.45, 7) is 3.42. The molecule has 3 rings (SSSR count). The zero-order valence-corrected chi connectivity index (χ0v) is 16.4. The smallest absolute Gasteiger partial charge is 0.295 e. The second-order valence-electron chi connectivity index (χ2n) is 6.72. The Morgan fingerprint density at radius 3 is 2.06 bits per heavy atom. The first-order valence-corrected chi connectivity index (χ1v) is 9.20. The Kier molecular flexibility index (Phi) is 6.27. The Morgan fingerprint density at radius 1 is 0.812 bits per heavy atom. The maximum absolute atomic E-state index is 13.4. The highest BCUT2D eigenvalue weighted by Gasteiger charge is 2.35. The fourth-order valence-corrected chi connectivity index (χ4v) is 3.12. The zero-order chi connectivity index (χ0) is 23.5. The molecule has 3 aromatic rings. The summed E-state index contributed by atoms with van der Waals surface area (Å²) in [6.07, 6.45) is -7.92. The number of benzene rings is 3. The molecule has 3 aromatic carbocycles. The van der Waals surface area contributed by atoms with Gasteiger partial charge in [0, 0.05) is 11.3 Å². The molecule has 0 fully saturated rings. The second kappa shape index (κ2) is 8.77. The molecule has 0 saturated heterocycles. The minimum absolute atomic E-state index is 0.318. The van der Waals surface area contributed by atoms with E-state index in [0.29, 0.717) is 16.8 Å². The average Bonchev–Trinajstić information content (AvgIpc) is 2.76. The van der Waals surface area contributed by atoms with Gasteiger partial charge in [0.15, 0.2) is 0 Å². The predicted molar refractivity (Wildman–Crippen MR) is 111 cm³/mol. The quantitative estimate of drug-likeness (QED) is 0.191. The topological polar surface area (TPSA) is 27.1 Å². The van der Waals surface area contributed by atoms with Crippen molar-refractivity contribution in [1.82, 2.24) is 0 Å². The Bertz CT molecular complexity index is 1170. The minimum Gasteiger partial charge on any atom is -0.295 e. The SMILES string of the molecule is C=C=CN(C(=N)c1ccccc1C(F)(F)F)c1ccc(-c2cccc(C(F)(F)F)c2)cc1. The van der Waals surface area contributed by atoms with Crippen molar-refractivity contribution in [3.63, 3.8) is 0 Å². The maximum atomic E-state index is 13.4. The highest BCUT2D eigenvalue weighted by atomic mass is 19.4. The number of halogens is 6. The highest BCUT2D eigenvalue weighted by molar-refractivity contribution is 6.10. The lowest BCUT2D eigenvalue weighted by Crippen LogP contribution is -2.27. The molecule has 32 heavy (non-hydrogen) atoms. The Labute approximate surface area is 180 Å². The molecule has 8 heteroatoms. The number of nitrogens with one attached hydrogen (secondary N) is 1. The molecule has 0 aliphatic carbocycles. The number of hydrogen-bond acceptors (Lipinski definition) is 1. The van der Waals surface area contributed by atoms with Crippen LogP contribution in [0, 0.1) is 5.41 Å². The molecule has 164 valence electrons.